The Labute approximate surface area is 131 Å². The number of ether oxygens (including phenoxy) is 2. The van der Waals surface area contributed by atoms with E-state index in [0.717, 1.165) is 0 Å². The second-order valence-electron chi connectivity index (χ2n) is 5.31. The Kier molecular flexibility index (Phi) is 7.70. The molecule has 1 aliphatic rings. The number of aliphatic hydroxyl groups is 9. The van der Waals surface area contributed by atoms with Crippen LogP contribution >= 0.6 is 0 Å². The summed E-state index contributed by atoms with van der Waals surface area (Å²) in [5.41, 5.74) is 0. The first-order valence-electron chi connectivity index (χ1n) is 6.97. The quantitative estimate of drug-likeness (QED) is 0.193. The van der Waals surface area contributed by atoms with E-state index in [4.69, 9.17) is 19.7 Å². The normalized spacial score (nSPS) is 36.7. The van der Waals surface area contributed by atoms with Crippen LogP contribution < -0.4 is 0 Å². The number of hydrogen-bond donors (Lipinski definition) is 9. The van der Waals surface area contributed by atoms with Gasteiger partial charge in [0, 0.05) is 0 Å². The zero-order valence-corrected chi connectivity index (χ0v) is 12.2. The summed E-state index contributed by atoms with van der Waals surface area (Å²) in [4.78, 5) is 0. The lowest BCUT2D eigenvalue weighted by molar-refractivity contribution is -0.313. The van der Waals surface area contributed by atoms with Crippen molar-refractivity contribution < 1.29 is 55.4 Å². The third-order valence-electron chi connectivity index (χ3n) is 3.75. The molecule has 0 aromatic heterocycles. The van der Waals surface area contributed by atoms with Gasteiger partial charge in [0.1, 0.15) is 49.3 Å². The van der Waals surface area contributed by atoms with Gasteiger partial charge in [-0.1, -0.05) is 0 Å². The summed E-state index contributed by atoms with van der Waals surface area (Å²) in [6.45, 7) is -3.47. The minimum atomic E-state index is -2.26. The summed E-state index contributed by atoms with van der Waals surface area (Å²) < 4.78 is 10.2. The summed E-state index contributed by atoms with van der Waals surface area (Å²) in [5.74, 6) is -2.26. The van der Waals surface area contributed by atoms with Gasteiger partial charge in [-0.05, 0) is 0 Å². The number of hydrogen-bond acceptors (Lipinski definition) is 11. The predicted octanol–water partition coefficient (Wildman–Crippen LogP) is -5.76. The molecule has 0 spiro atoms. The van der Waals surface area contributed by atoms with Gasteiger partial charge in [-0.2, -0.15) is 0 Å². The Morgan fingerprint density at radius 1 is 0.957 bits per heavy atom. The first-order chi connectivity index (χ1) is 10.8. The molecule has 1 saturated heterocycles. The third kappa shape index (κ3) is 4.15. The molecule has 0 saturated carbocycles. The summed E-state index contributed by atoms with van der Waals surface area (Å²) in [5, 5.41) is 84.9. The van der Waals surface area contributed by atoms with Crippen LogP contribution in [-0.4, -0.2) is 121 Å². The molecule has 1 heterocycles. The lowest BCUT2D eigenvalue weighted by Gasteiger charge is -2.36. The van der Waals surface area contributed by atoms with E-state index in [1.807, 2.05) is 0 Å². The lowest BCUT2D eigenvalue weighted by Crippen LogP contribution is -2.56. The van der Waals surface area contributed by atoms with E-state index in [9.17, 15) is 35.7 Å². The maximum absolute atomic E-state index is 9.94. The standard InChI is InChI=1S/C12H24O11/c13-1-5(17)8(18)9(19)6(2-14)22-12(4-16)11(21)10(20)7(3-15)23-12/h5-11,13-21H,1-4H2/t5-,6+,7-,8-,9-,10-,11+,12-/m1/s1. The molecular weight excluding hydrogens is 320 g/mol. The van der Waals surface area contributed by atoms with Crippen molar-refractivity contribution in [2.75, 3.05) is 26.4 Å². The van der Waals surface area contributed by atoms with Crippen LogP contribution in [0.1, 0.15) is 0 Å². The molecule has 0 radical (unpaired) electrons. The minimum absolute atomic E-state index is 0.693. The van der Waals surface area contributed by atoms with E-state index < -0.39 is 74.9 Å². The van der Waals surface area contributed by atoms with Crippen molar-refractivity contribution in [1.82, 2.24) is 0 Å². The molecule has 0 aromatic carbocycles. The molecule has 0 aliphatic carbocycles. The van der Waals surface area contributed by atoms with Crippen LogP contribution in [0.3, 0.4) is 0 Å². The van der Waals surface area contributed by atoms with Crippen molar-refractivity contribution in [3.8, 4) is 0 Å². The summed E-state index contributed by atoms with van der Waals surface area (Å²) >= 11 is 0. The van der Waals surface area contributed by atoms with Crippen LogP contribution in [0.15, 0.2) is 0 Å². The van der Waals surface area contributed by atoms with Gasteiger partial charge in [-0.25, -0.2) is 0 Å². The van der Waals surface area contributed by atoms with Gasteiger partial charge in [0.2, 0.25) is 5.79 Å². The molecule has 1 rings (SSSR count). The highest BCUT2D eigenvalue weighted by Crippen LogP contribution is 2.34. The van der Waals surface area contributed by atoms with Crippen molar-refractivity contribution in [2.45, 2.75) is 48.5 Å². The monoisotopic (exact) mass is 344 g/mol. The zero-order chi connectivity index (χ0) is 17.8. The van der Waals surface area contributed by atoms with Gasteiger partial charge < -0.3 is 55.4 Å². The van der Waals surface area contributed by atoms with Crippen LogP contribution in [0.2, 0.25) is 0 Å². The summed E-state index contributed by atoms with van der Waals surface area (Å²) in [6, 6.07) is 0. The van der Waals surface area contributed by atoms with Crippen molar-refractivity contribution in [3.63, 3.8) is 0 Å². The van der Waals surface area contributed by atoms with Crippen LogP contribution in [-0.2, 0) is 9.47 Å². The third-order valence-corrected chi connectivity index (χ3v) is 3.75. The Morgan fingerprint density at radius 3 is 1.96 bits per heavy atom. The molecule has 0 aromatic rings. The molecular formula is C12H24O11. The van der Waals surface area contributed by atoms with E-state index >= 15 is 0 Å². The Bertz CT molecular complexity index is 356. The van der Waals surface area contributed by atoms with E-state index in [0.29, 0.717) is 0 Å². The fourth-order valence-electron chi connectivity index (χ4n) is 2.30. The van der Waals surface area contributed by atoms with E-state index in [1.165, 1.54) is 0 Å². The highest BCUT2D eigenvalue weighted by molar-refractivity contribution is 4.98. The minimum Gasteiger partial charge on any atom is -0.394 e. The lowest BCUT2D eigenvalue weighted by atomic mass is 10.0. The van der Waals surface area contributed by atoms with Crippen molar-refractivity contribution >= 4 is 0 Å². The fourth-order valence-corrected chi connectivity index (χ4v) is 2.30. The molecule has 0 unspecified atom stereocenters. The second-order valence-corrected chi connectivity index (χ2v) is 5.31. The number of aliphatic hydroxyl groups excluding tert-OH is 9. The molecule has 11 nitrogen and oxygen atoms in total. The molecule has 138 valence electrons. The number of rotatable bonds is 9. The summed E-state index contributed by atoms with van der Waals surface area (Å²) in [7, 11) is 0. The van der Waals surface area contributed by atoms with E-state index in [2.05, 4.69) is 0 Å². The highest BCUT2D eigenvalue weighted by atomic mass is 16.7. The Balaban J connectivity index is 2.91. The Morgan fingerprint density at radius 2 is 1.57 bits per heavy atom. The van der Waals surface area contributed by atoms with Crippen LogP contribution in [0.5, 0.6) is 0 Å². The Hall–Kier alpha value is -0.440. The highest BCUT2D eigenvalue weighted by Gasteiger charge is 2.56. The van der Waals surface area contributed by atoms with E-state index in [-0.39, 0.29) is 0 Å². The zero-order valence-electron chi connectivity index (χ0n) is 12.2. The largest absolute Gasteiger partial charge is 0.394 e. The van der Waals surface area contributed by atoms with Crippen LogP contribution in [0, 0.1) is 0 Å². The maximum Gasteiger partial charge on any atom is 0.222 e. The van der Waals surface area contributed by atoms with Gasteiger partial charge in [0.15, 0.2) is 0 Å². The molecule has 8 atom stereocenters. The molecule has 9 N–H and O–H groups in total. The van der Waals surface area contributed by atoms with Crippen LogP contribution in [0.25, 0.3) is 0 Å². The first-order valence-corrected chi connectivity index (χ1v) is 6.97. The molecule has 23 heavy (non-hydrogen) atoms. The van der Waals surface area contributed by atoms with Crippen molar-refractivity contribution in [1.29, 1.82) is 0 Å². The SMILES string of the molecule is OC[C@@H](O)[C@@H](O)[C@H](O)[C@H](CO)O[C@]1(CO)O[C@H](CO)[C@@H](O)[C@@H]1O. The first kappa shape index (κ1) is 20.6. The second kappa shape index (κ2) is 8.60. The summed E-state index contributed by atoms with van der Waals surface area (Å²) in [6.07, 6.45) is -11.9. The molecule has 11 heteroatoms. The van der Waals surface area contributed by atoms with Gasteiger partial charge >= 0.3 is 0 Å². The van der Waals surface area contributed by atoms with Crippen molar-refractivity contribution in [2.24, 2.45) is 0 Å². The smallest absolute Gasteiger partial charge is 0.222 e. The predicted molar refractivity (Wildman–Crippen MR) is 70.9 cm³/mol. The van der Waals surface area contributed by atoms with E-state index in [1.54, 1.807) is 0 Å². The van der Waals surface area contributed by atoms with Gasteiger partial charge in [0.25, 0.3) is 0 Å². The molecule has 0 amide bonds. The molecule has 1 fully saturated rings. The van der Waals surface area contributed by atoms with Crippen molar-refractivity contribution in [3.05, 3.63) is 0 Å². The van der Waals surface area contributed by atoms with Gasteiger partial charge in [-0.3, -0.25) is 0 Å². The maximum atomic E-state index is 9.94. The topological polar surface area (TPSA) is 201 Å². The van der Waals surface area contributed by atoms with Gasteiger partial charge in [0.05, 0.1) is 19.8 Å². The molecule has 0 bridgehead atoms. The van der Waals surface area contributed by atoms with Crippen LogP contribution in [0.4, 0.5) is 0 Å². The molecule has 1 aliphatic heterocycles. The average molecular weight is 344 g/mol. The average Bonchev–Trinajstić information content (AvgIpc) is 2.82. The van der Waals surface area contributed by atoms with Gasteiger partial charge in [-0.15, -0.1) is 0 Å². The fraction of sp³-hybridized carbons (Fsp3) is 1.00.